The highest BCUT2D eigenvalue weighted by molar-refractivity contribution is 6.13. The summed E-state index contributed by atoms with van der Waals surface area (Å²) in [4.78, 5) is 0. The van der Waals surface area contributed by atoms with Crippen LogP contribution >= 0.6 is 0 Å². The number of para-hydroxylation sites is 2. The molecule has 326 valence electrons. The van der Waals surface area contributed by atoms with Crippen LogP contribution in [0.4, 0.5) is 26.3 Å². The van der Waals surface area contributed by atoms with Crippen molar-refractivity contribution < 1.29 is 26.3 Å². The second kappa shape index (κ2) is 15.3. The minimum Gasteiger partial charge on any atom is -0.308 e. The van der Waals surface area contributed by atoms with Gasteiger partial charge in [-0.1, -0.05) is 90.0 Å². The van der Waals surface area contributed by atoms with Gasteiger partial charge in [0.05, 0.1) is 56.2 Å². The summed E-state index contributed by atoms with van der Waals surface area (Å²) in [6.07, 6.45) is -10.4. The summed E-state index contributed by atoms with van der Waals surface area (Å²) in [7, 11) is 0. The van der Waals surface area contributed by atoms with E-state index in [-0.39, 0.29) is 22.5 Å². The van der Waals surface area contributed by atoms with Crippen molar-refractivity contribution in [3.63, 3.8) is 0 Å². The minimum absolute atomic E-state index is 0.0126. The molecule has 0 spiro atoms. The lowest BCUT2D eigenvalue weighted by molar-refractivity contribution is -0.142. The SMILES string of the molecule is Cc1cc(C)c(-c2ccc3c(c2)c2ccccc2n3-c2cc(C#N)cc(-n3c4ccccc4c4cc(-c5c(C)cc(C)cc5C)ccc43)c2-c2c(C(F)(F)F)cccc2C(F)(F)F)c(C)c1. The monoisotopic (exact) mass is 881 g/mol. The van der Waals surface area contributed by atoms with Crippen molar-refractivity contribution in [2.24, 2.45) is 0 Å². The highest BCUT2D eigenvalue weighted by Gasteiger charge is 2.43. The summed E-state index contributed by atoms with van der Waals surface area (Å²) in [5.74, 6) is 0. The van der Waals surface area contributed by atoms with E-state index in [1.807, 2.05) is 102 Å². The van der Waals surface area contributed by atoms with Crippen LogP contribution in [0.5, 0.6) is 0 Å². The summed E-state index contributed by atoms with van der Waals surface area (Å²) in [5.41, 5.74) is 8.29. The van der Waals surface area contributed by atoms with Crippen LogP contribution in [-0.2, 0) is 12.4 Å². The molecule has 0 aliphatic rings. The Kier molecular flexibility index (Phi) is 9.81. The number of aromatic nitrogens is 2. The van der Waals surface area contributed by atoms with Gasteiger partial charge in [0.15, 0.2) is 0 Å². The fourth-order valence-electron chi connectivity index (χ4n) is 10.6. The zero-order valence-corrected chi connectivity index (χ0v) is 36.9. The number of rotatable bonds is 5. The number of hydrogen-bond donors (Lipinski definition) is 0. The first-order valence-corrected chi connectivity index (χ1v) is 21.5. The predicted octanol–water partition coefficient (Wildman–Crippen LogP) is 16.6. The molecule has 8 aromatic carbocycles. The molecule has 3 nitrogen and oxygen atoms in total. The number of hydrogen-bond acceptors (Lipinski definition) is 1. The molecule has 10 aromatic rings. The number of halogens is 6. The molecule has 0 aliphatic heterocycles. The van der Waals surface area contributed by atoms with Crippen LogP contribution in [0.2, 0.25) is 0 Å². The van der Waals surface area contributed by atoms with Crippen molar-refractivity contribution in [3.05, 3.63) is 190 Å². The lowest BCUT2D eigenvalue weighted by atomic mass is 9.89. The lowest BCUT2D eigenvalue weighted by Gasteiger charge is -2.25. The highest BCUT2D eigenvalue weighted by atomic mass is 19.4. The van der Waals surface area contributed by atoms with Crippen molar-refractivity contribution >= 4 is 43.6 Å². The van der Waals surface area contributed by atoms with Crippen LogP contribution in [-0.4, -0.2) is 9.13 Å². The van der Waals surface area contributed by atoms with Gasteiger partial charge in [0.1, 0.15) is 0 Å². The van der Waals surface area contributed by atoms with Crippen molar-refractivity contribution in [1.82, 2.24) is 9.13 Å². The van der Waals surface area contributed by atoms with E-state index < -0.39 is 29.0 Å². The van der Waals surface area contributed by atoms with Gasteiger partial charge in [0.2, 0.25) is 0 Å². The number of fused-ring (bicyclic) bond motifs is 6. The Bertz CT molecular complexity index is 3430. The summed E-state index contributed by atoms with van der Waals surface area (Å²) in [6, 6.07) is 42.0. The smallest absolute Gasteiger partial charge is 0.308 e. The second-order valence-electron chi connectivity index (χ2n) is 17.4. The third-order valence-electron chi connectivity index (χ3n) is 12.9. The standard InChI is InChI=1S/C57H41F6N3/c1-31-22-33(3)52(34(4)23-31)38-18-20-48-42(28-38)40-12-7-9-16-46(40)65(48)50-26-37(30-64)27-51(55(50)54-44(56(58,59)60)14-11-15-45(54)57(61,62)63)66-47-17-10-8-13-41(47)43-29-39(19-21-49(43)66)53-35(5)24-32(2)25-36(53)6/h7-29H,1-6H3. The topological polar surface area (TPSA) is 33.6 Å². The van der Waals surface area contributed by atoms with Crippen molar-refractivity contribution in [2.45, 2.75) is 53.9 Å². The fourth-order valence-corrected chi connectivity index (χ4v) is 10.6. The Morgan fingerprint density at radius 3 is 1.15 bits per heavy atom. The van der Waals surface area contributed by atoms with Crippen LogP contribution in [0.25, 0.3) is 88.4 Å². The molecule has 0 bridgehead atoms. The van der Waals surface area contributed by atoms with Crippen LogP contribution in [0.15, 0.2) is 140 Å². The van der Waals surface area contributed by atoms with Gasteiger partial charge >= 0.3 is 12.4 Å². The molecular weight excluding hydrogens is 841 g/mol. The molecule has 0 amide bonds. The summed E-state index contributed by atoms with van der Waals surface area (Å²) < 4.78 is 96.8. The lowest BCUT2D eigenvalue weighted by Crippen LogP contribution is -2.16. The Morgan fingerprint density at radius 1 is 0.394 bits per heavy atom. The van der Waals surface area contributed by atoms with Crippen molar-refractivity contribution in [1.29, 1.82) is 5.26 Å². The molecule has 0 saturated carbocycles. The number of aryl methyl sites for hydroxylation is 6. The van der Waals surface area contributed by atoms with E-state index in [4.69, 9.17) is 0 Å². The van der Waals surface area contributed by atoms with E-state index in [1.54, 1.807) is 33.4 Å². The largest absolute Gasteiger partial charge is 0.417 e. The van der Waals surface area contributed by atoms with E-state index >= 15 is 26.3 Å². The molecular formula is C57H41F6N3. The molecule has 2 aromatic heterocycles. The van der Waals surface area contributed by atoms with Gasteiger partial charge in [0.25, 0.3) is 0 Å². The molecule has 10 rings (SSSR count). The number of benzene rings is 8. The second-order valence-corrected chi connectivity index (χ2v) is 17.4. The summed E-state index contributed by atoms with van der Waals surface area (Å²) >= 11 is 0. The Labute approximate surface area is 377 Å². The molecule has 0 radical (unpaired) electrons. The number of nitrogens with zero attached hydrogens (tertiary/aromatic N) is 3. The fraction of sp³-hybridized carbons (Fsp3) is 0.140. The van der Waals surface area contributed by atoms with Gasteiger partial charge in [-0.15, -0.1) is 0 Å². The van der Waals surface area contributed by atoms with E-state index in [1.165, 1.54) is 12.1 Å². The van der Waals surface area contributed by atoms with Crippen molar-refractivity contribution in [2.75, 3.05) is 0 Å². The van der Waals surface area contributed by atoms with Crippen LogP contribution in [0.3, 0.4) is 0 Å². The number of nitriles is 1. The molecule has 9 heteroatoms. The van der Waals surface area contributed by atoms with E-state index in [9.17, 15) is 5.26 Å². The maximum atomic E-state index is 15.6. The predicted molar refractivity (Wildman–Crippen MR) is 255 cm³/mol. The van der Waals surface area contributed by atoms with Gasteiger partial charge in [-0.2, -0.15) is 31.6 Å². The van der Waals surface area contributed by atoms with E-state index in [0.29, 0.717) is 34.2 Å². The van der Waals surface area contributed by atoms with Gasteiger partial charge < -0.3 is 9.13 Å². The Hall–Kier alpha value is -7.57. The maximum absolute atomic E-state index is 15.6. The first-order valence-electron chi connectivity index (χ1n) is 21.5. The molecule has 0 unspecified atom stereocenters. The molecule has 0 aliphatic carbocycles. The zero-order valence-electron chi connectivity index (χ0n) is 36.9. The average Bonchev–Trinajstić information content (AvgIpc) is 3.76. The quantitative estimate of drug-likeness (QED) is 0.159. The first kappa shape index (κ1) is 42.4. The molecule has 0 N–H and O–H groups in total. The minimum atomic E-state index is -5.21. The van der Waals surface area contributed by atoms with Gasteiger partial charge in [-0.05, 0) is 147 Å². The Morgan fingerprint density at radius 2 is 0.773 bits per heavy atom. The molecule has 0 fully saturated rings. The first-order chi connectivity index (χ1) is 31.4. The van der Waals surface area contributed by atoms with Crippen LogP contribution in [0.1, 0.15) is 50.1 Å². The maximum Gasteiger partial charge on any atom is 0.417 e. The summed E-state index contributed by atoms with van der Waals surface area (Å²) in [6.45, 7) is 12.2. The average molecular weight is 882 g/mol. The van der Waals surface area contributed by atoms with Crippen molar-refractivity contribution in [3.8, 4) is 50.8 Å². The molecule has 0 saturated heterocycles. The highest BCUT2D eigenvalue weighted by Crippen LogP contribution is 2.51. The van der Waals surface area contributed by atoms with Crippen LogP contribution < -0.4 is 0 Å². The molecule has 2 heterocycles. The van der Waals surface area contributed by atoms with Crippen LogP contribution in [0, 0.1) is 52.9 Å². The zero-order chi connectivity index (χ0) is 46.6. The summed E-state index contributed by atoms with van der Waals surface area (Å²) in [5, 5.41) is 13.8. The van der Waals surface area contributed by atoms with Gasteiger partial charge in [-0.3, -0.25) is 0 Å². The van der Waals surface area contributed by atoms with E-state index in [2.05, 4.69) is 30.3 Å². The van der Waals surface area contributed by atoms with Gasteiger partial charge in [0, 0.05) is 32.7 Å². The van der Waals surface area contributed by atoms with Gasteiger partial charge in [-0.25, -0.2) is 0 Å². The molecule has 66 heavy (non-hydrogen) atoms. The Balaban J connectivity index is 1.39. The van der Waals surface area contributed by atoms with E-state index in [0.717, 1.165) is 83.2 Å². The normalized spacial score (nSPS) is 12.2. The third kappa shape index (κ3) is 6.74. The number of alkyl halides is 6. The molecule has 0 atom stereocenters. The third-order valence-corrected chi connectivity index (χ3v) is 12.9.